The summed E-state index contributed by atoms with van der Waals surface area (Å²) in [6, 6.07) is 4.52. The highest BCUT2D eigenvalue weighted by molar-refractivity contribution is 7.11. The van der Waals surface area contributed by atoms with Crippen LogP contribution in [0.2, 0.25) is 0 Å². The molecular formula is C16H22N2S. The zero-order chi connectivity index (χ0) is 14.2. The van der Waals surface area contributed by atoms with Gasteiger partial charge in [-0.3, -0.25) is 0 Å². The summed E-state index contributed by atoms with van der Waals surface area (Å²) in [5.41, 5.74) is 12.8. The van der Waals surface area contributed by atoms with Crippen molar-refractivity contribution in [2.24, 2.45) is 5.73 Å². The minimum absolute atomic E-state index is 0.0475. The van der Waals surface area contributed by atoms with Gasteiger partial charge in [-0.2, -0.15) is 0 Å². The molecule has 0 saturated heterocycles. The Balaban J connectivity index is 2.29. The maximum absolute atomic E-state index is 6.39. The molecule has 2 nitrogen and oxygen atoms in total. The Morgan fingerprint density at radius 3 is 2.16 bits per heavy atom. The van der Waals surface area contributed by atoms with Gasteiger partial charge in [-0.15, -0.1) is 11.3 Å². The third-order valence-corrected chi connectivity index (χ3v) is 4.75. The van der Waals surface area contributed by atoms with Crippen molar-refractivity contribution in [3.05, 3.63) is 50.0 Å². The molecule has 0 bridgehead atoms. The first-order valence-electron chi connectivity index (χ1n) is 6.64. The summed E-state index contributed by atoms with van der Waals surface area (Å²) in [6.07, 6.45) is 0.889. The first-order valence-corrected chi connectivity index (χ1v) is 7.46. The third-order valence-electron chi connectivity index (χ3n) is 3.54. The van der Waals surface area contributed by atoms with Crippen molar-refractivity contribution in [3.63, 3.8) is 0 Å². The highest BCUT2D eigenvalue weighted by atomic mass is 32.1. The molecule has 0 fully saturated rings. The zero-order valence-electron chi connectivity index (χ0n) is 12.4. The van der Waals surface area contributed by atoms with Crippen LogP contribution in [-0.2, 0) is 6.42 Å². The average molecular weight is 274 g/mol. The molecule has 1 unspecified atom stereocenters. The monoisotopic (exact) mass is 274 g/mol. The number of nitrogens with two attached hydrogens (primary N) is 1. The van der Waals surface area contributed by atoms with E-state index in [0.717, 1.165) is 17.1 Å². The SMILES string of the molecule is Cc1cc(C)c(CC(N)c2sc(C)nc2C)c(C)c1. The third kappa shape index (κ3) is 3.04. The van der Waals surface area contributed by atoms with Crippen molar-refractivity contribution >= 4 is 11.3 Å². The van der Waals surface area contributed by atoms with Gasteiger partial charge in [0.25, 0.3) is 0 Å². The number of rotatable bonds is 3. The van der Waals surface area contributed by atoms with E-state index < -0.39 is 0 Å². The Labute approximate surface area is 119 Å². The van der Waals surface area contributed by atoms with Gasteiger partial charge < -0.3 is 5.73 Å². The lowest BCUT2D eigenvalue weighted by atomic mass is 9.94. The molecule has 2 aromatic rings. The lowest BCUT2D eigenvalue weighted by molar-refractivity contribution is 0.721. The van der Waals surface area contributed by atoms with E-state index in [0.29, 0.717) is 0 Å². The van der Waals surface area contributed by atoms with Gasteiger partial charge >= 0.3 is 0 Å². The Hall–Kier alpha value is -1.19. The molecule has 2 N–H and O–H groups in total. The summed E-state index contributed by atoms with van der Waals surface area (Å²) in [7, 11) is 0. The number of aromatic nitrogens is 1. The Kier molecular flexibility index (Phi) is 4.07. The predicted molar refractivity (Wildman–Crippen MR) is 82.9 cm³/mol. The summed E-state index contributed by atoms with van der Waals surface area (Å²) < 4.78 is 0. The maximum Gasteiger partial charge on any atom is 0.0900 e. The van der Waals surface area contributed by atoms with Crippen LogP contribution in [-0.4, -0.2) is 4.98 Å². The normalized spacial score (nSPS) is 12.7. The van der Waals surface area contributed by atoms with Crippen LogP contribution in [0, 0.1) is 34.6 Å². The smallest absolute Gasteiger partial charge is 0.0900 e. The molecule has 0 aliphatic rings. The zero-order valence-corrected chi connectivity index (χ0v) is 13.2. The van der Waals surface area contributed by atoms with E-state index in [4.69, 9.17) is 5.73 Å². The summed E-state index contributed by atoms with van der Waals surface area (Å²) >= 11 is 1.72. The summed E-state index contributed by atoms with van der Waals surface area (Å²) in [4.78, 5) is 5.69. The molecule has 1 aromatic heterocycles. The first kappa shape index (κ1) is 14.2. The fourth-order valence-electron chi connectivity index (χ4n) is 2.74. The molecule has 0 spiro atoms. The summed E-state index contributed by atoms with van der Waals surface area (Å²) in [5, 5.41) is 1.10. The van der Waals surface area contributed by atoms with Crippen LogP contribution in [0.15, 0.2) is 12.1 Å². The van der Waals surface area contributed by atoms with Crippen LogP contribution >= 0.6 is 11.3 Å². The number of hydrogen-bond donors (Lipinski definition) is 1. The van der Waals surface area contributed by atoms with Crippen molar-refractivity contribution in [3.8, 4) is 0 Å². The molecule has 0 aliphatic carbocycles. The molecule has 1 heterocycles. The topological polar surface area (TPSA) is 38.9 Å². The van der Waals surface area contributed by atoms with Crippen LogP contribution in [0.1, 0.15) is 43.9 Å². The molecule has 1 atom stereocenters. The highest BCUT2D eigenvalue weighted by Crippen LogP contribution is 2.28. The van der Waals surface area contributed by atoms with Crippen molar-refractivity contribution < 1.29 is 0 Å². The van der Waals surface area contributed by atoms with Crippen LogP contribution in [0.3, 0.4) is 0 Å². The maximum atomic E-state index is 6.39. The van der Waals surface area contributed by atoms with E-state index in [1.807, 2.05) is 13.8 Å². The van der Waals surface area contributed by atoms with E-state index in [-0.39, 0.29) is 6.04 Å². The van der Waals surface area contributed by atoms with Gasteiger partial charge in [0.05, 0.1) is 10.7 Å². The molecule has 19 heavy (non-hydrogen) atoms. The number of hydrogen-bond acceptors (Lipinski definition) is 3. The fourth-order valence-corrected chi connectivity index (χ4v) is 3.66. The molecular weight excluding hydrogens is 252 g/mol. The molecule has 0 aliphatic heterocycles. The number of nitrogens with zero attached hydrogens (tertiary/aromatic N) is 1. The standard InChI is InChI=1S/C16H22N2S/c1-9-6-10(2)14(11(3)7-9)8-15(17)16-12(4)18-13(5)19-16/h6-7,15H,8,17H2,1-5H3. The number of benzene rings is 1. The summed E-state index contributed by atoms with van der Waals surface area (Å²) in [6.45, 7) is 10.6. The lowest BCUT2D eigenvalue weighted by Crippen LogP contribution is -2.14. The lowest BCUT2D eigenvalue weighted by Gasteiger charge is -2.16. The van der Waals surface area contributed by atoms with E-state index >= 15 is 0 Å². The van der Waals surface area contributed by atoms with Gasteiger partial charge in [0, 0.05) is 10.9 Å². The van der Waals surface area contributed by atoms with Gasteiger partial charge in [0.1, 0.15) is 0 Å². The van der Waals surface area contributed by atoms with Gasteiger partial charge in [-0.1, -0.05) is 17.7 Å². The second kappa shape index (κ2) is 5.43. The molecule has 1 aromatic carbocycles. The molecule has 0 radical (unpaired) electrons. The Morgan fingerprint density at radius 1 is 1.11 bits per heavy atom. The fraction of sp³-hybridized carbons (Fsp3) is 0.438. The minimum Gasteiger partial charge on any atom is -0.323 e. The van der Waals surface area contributed by atoms with Crippen molar-refractivity contribution in [1.82, 2.24) is 4.98 Å². The van der Waals surface area contributed by atoms with Gasteiger partial charge in [0.2, 0.25) is 0 Å². The van der Waals surface area contributed by atoms with E-state index in [1.54, 1.807) is 11.3 Å². The van der Waals surface area contributed by atoms with Crippen LogP contribution < -0.4 is 5.73 Å². The largest absolute Gasteiger partial charge is 0.323 e. The molecule has 102 valence electrons. The Bertz CT molecular complexity index is 576. The second-order valence-corrected chi connectivity index (χ2v) is 6.61. The predicted octanol–water partition coefficient (Wildman–Crippen LogP) is 3.93. The number of aryl methyl sites for hydroxylation is 5. The average Bonchev–Trinajstić information content (AvgIpc) is 2.62. The van der Waals surface area contributed by atoms with Crippen molar-refractivity contribution in [2.45, 2.75) is 47.1 Å². The van der Waals surface area contributed by atoms with Gasteiger partial charge in [-0.25, -0.2) is 4.98 Å². The van der Waals surface area contributed by atoms with E-state index in [9.17, 15) is 0 Å². The van der Waals surface area contributed by atoms with E-state index in [1.165, 1.54) is 27.1 Å². The van der Waals surface area contributed by atoms with Crippen LogP contribution in [0.5, 0.6) is 0 Å². The van der Waals surface area contributed by atoms with Gasteiger partial charge in [-0.05, 0) is 57.7 Å². The van der Waals surface area contributed by atoms with Crippen LogP contribution in [0.25, 0.3) is 0 Å². The van der Waals surface area contributed by atoms with E-state index in [2.05, 4.69) is 37.9 Å². The highest BCUT2D eigenvalue weighted by Gasteiger charge is 2.16. The second-order valence-electron chi connectivity index (χ2n) is 5.37. The number of thiazole rings is 1. The Morgan fingerprint density at radius 2 is 1.68 bits per heavy atom. The minimum atomic E-state index is 0.0475. The van der Waals surface area contributed by atoms with Crippen molar-refractivity contribution in [2.75, 3.05) is 0 Å². The van der Waals surface area contributed by atoms with Gasteiger partial charge in [0.15, 0.2) is 0 Å². The molecule has 3 heteroatoms. The summed E-state index contributed by atoms with van der Waals surface area (Å²) in [5.74, 6) is 0. The quantitative estimate of drug-likeness (QED) is 0.921. The van der Waals surface area contributed by atoms with Crippen molar-refractivity contribution in [1.29, 1.82) is 0 Å². The molecule has 0 amide bonds. The van der Waals surface area contributed by atoms with Crippen LogP contribution in [0.4, 0.5) is 0 Å². The molecule has 0 saturated carbocycles. The molecule has 2 rings (SSSR count). The first-order chi connectivity index (χ1) is 8.88.